The lowest BCUT2D eigenvalue weighted by Gasteiger charge is -2.31. The van der Waals surface area contributed by atoms with Crippen molar-refractivity contribution in [2.75, 3.05) is 19.7 Å². The molecule has 0 radical (unpaired) electrons. The van der Waals surface area contributed by atoms with Crippen molar-refractivity contribution in [2.24, 2.45) is 5.92 Å². The fourth-order valence-corrected chi connectivity index (χ4v) is 4.96. The van der Waals surface area contributed by atoms with E-state index < -0.39 is 5.69 Å². The Labute approximate surface area is 188 Å². The summed E-state index contributed by atoms with van der Waals surface area (Å²) < 4.78 is 9.64. The molecule has 1 unspecified atom stereocenters. The normalized spacial score (nSPS) is 16.7. The molecule has 10 nitrogen and oxygen atoms in total. The summed E-state index contributed by atoms with van der Waals surface area (Å²) in [5, 5.41) is 6.14. The van der Waals surface area contributed by atoms with Gasteiger partial charge in [0.1, 0.15) is 11.2 Å². The van der Waals surface area contributed by atoms with Crippen LogP contribution in [0, 0.1) is 5.92 Å². The molecule has 172 valence electrons. The van der Waals surface area contributed by atoms with Crippen LogP contribution in [0.25, 0.3) is 16.0 Å². The van der Waals surface area contributed by atoms with Crippen molar-refractivity contribution >= 4 is 39.2 Å². The molecule has 4 rings (SSSR count). The Bertz CT molecular complexity index is 1270. The second-order valence-corrected chi connectivity index (χ2v) is 8.87. The van der Waals surface area contributed by atoms with Crippen LogP contribution in [0.4, 0.5) is 0 Å². The van der Waals surface area contributed by atoms with Crippen LogP contribution >= 0.6 is 11.3 Å². The second-order valence-electron chi connectivity index (χ2n) is 7.95. The zero-order chi connectivity index (χ0) is 22.8. The molecular formula is C21H27N5O5S. The number of amides is 1. The Balaban J connectivity index is 1.66. The maximum atomic E-state index is 13.2. The molecular weight excluding hydrogens is 434 g/mol. The molecule has 1 amide bonds. The van der Waals surface area contributed by atoms with E-state index in [-0.39, 0.29) is 42.2 Å². The first-order chi connectivity index (χ1) is 15.5. The van der Waals surface area contributed by atoms with Gasteiger partial charge in [-0.3, -0.25) is 19.0 Å². The number of fused-ring (bicyclic) bond motifs is 3. The highest BCUT2D eigenvalue weighted by Crippen LogP contribution is 2.19. The number of piperidine rings is 1. The molecule has 1 atom stereocenters. The van der Waals surface area contributed by atoms with E-state index >= 15 is 0 Å². The van der Waals surface area contributed by atoms with Crippen molar-refractivity contribution in [3.63, 3.8) is 0 Å². The highest BCUT2D eigenvalue weighted by Gasteiger charge is 2.30. The molecule has 0 N–H and O–H groups in total. The summed E-state index contributed by atoms with van der Waals surface area (Å²) in [7, 11) is 0. The molecule has 4 heterocycles. The van der Waals surface area contributed by atoms with Crippen LogP contribution in [-0.2, 0) is 27.4 Å². The number of hydrogen-bond acceptors (Lipinski definition) is 7. The number of esters is 1. The predicted molar refractivity (Wildman–Crippen MR) is 120 cm³/mol. The lowest BCUT2D eigenvalue weighted by atomic mass is 9.98. The number of carbonyl (C=O) groups excluding carboxylic acids is 2. The maximum absolute atomic E-state index is 13.2. The third-order valence-electron chi connectivity index (χ3n) is 5.80. The standard InChI is InChI=1S/C21H27N5O5S/c1-3-5-10-24-18(28)17-15(8-11-32-17)26-20(24)22-25(21(26)30)13-16(27)23-9-6-7-14(12-23)19(29)31-4-2/h8,11,14H,3-7,9-10,12-13H2,1-2H3. The van der Waals surface area contributed by atoms with Gasteiger partial charge in [0, 0.05) is 19.6 Å². The first kappa shape index (κ1) is 22.3. The molecule has 3 aromatic rings. The zero-order valence-corrected chi connectivity index (χ0v) is 19.1. The van der Waals surface area contributed by atoms with E-state index in [1.807, 2.05) is 6.92 Å². The average molecular weight is 462 g/mol. The van der Waals surface area contributed by atoms with Crippen molar-refractivity contribution < 1.29 is 14.3 Å². The summed E-state index contributed by atoms with van der Waals surface area (Å²) in [4.78, 5) is 52.7. The number of thiophene rings is 1. The molecule has 1 aliphatic rings. The average Bonchev–Trinajstić information content (AvgIpc) is 3.39. The minimum atomic E-state index is -0.457. The van der Waals surface area contributed by atoms with Crippen LogP contribution in [0.2, 0.25) is 0 Å². The SMILES string of the molecule is CCCCn1c(=O)c2sccc2n2c(=O)n(CC(=O)N3CCCC(C(=O)OCC)C3)nc12. The van der Waals surface area contributed by atoms with E-state index in [9.17, 15) is 19.2 Å². The van der Waals surface area contributed by atoms with Gasteiger partial charge in [0.2, 0.25) is 11.7 Å². The second kappa shape index (κ2) is 9.27. The number of aromatic nitrogens is 4. The van der Waals surface area contributed by atoms with Gasteiger partial charge >= 0.3 is 11.7 Å². The molecule has 1 aliphatic heterocycles. The Morgan fingerprint density at radius 2 is 2.09 bits per heavy atom. The monoisotopic (exact) mass is 461 g/mol. The van der Waals surface area contributed by atoms with E-state index in [4.69, 9.17) is 4.74 Å². The van der Waals surface area contributed by atoms with Crippen LogP contribution in [0.5, 0.6) is 0 Å². The predicted octanol–water partition coefficient (Wildman–Crippen LogP) is 1.47. The van der Waals surface area contributed by atoms with Gasteiger partial charge in [-0.2, -0.15) is 0 Å². The van der Waals surface area contributed by atoms with E-state index in [1.165, 1.54) is 20.3 Å². The van der Waals surface area contributed by atoms with Gasteiger partial charge in [0.15, 0.2) is 0 Å². The highest BCUT2D eigenvalue weighted by molar-refractivity contribution is 7.17. The van der Waals surface area contributed by atoms with Crippen molar-refractivity contribution in [3.8, 4) is 0 Å². The number of carbonyl (C=O) groups is 2. The molecule has 1 saturated heterocycles. The first-order valence-corrected chi connectivity index (χ1v) is 11.9. The summed E-state index contributed by atoms with van der Waals surface area (Å²) >= 11 is 1.29. The molecule has 0 aromatic carbocycles. The summed E-state index contributed by atoms with van der Waals surface area (Å²) in [6.07, 6.45) is 3.04. The van der Waals surface area contributed by atoms with E-state index in [0.717, 1.165) is 17.5 Å². The van der Waals surface area contributed by atoms with E-state index in [1.54, 1.807) is 23.3 Å². The molecule has 0 spiro atoms. The number of unbranched alkanes of at least 4 members (excludes halogenated alkanes) is 1. The van der Waals surface area contributed by atoms with Crippen molar-refractivity contribution in [2.45, 2.75) is 52.6 Å². The van der Waals surface area contributed by atoms with Crippen molar-refractivity contribution in [1.29, 1.82) is 0 Å². The maximum Gasteiger partial charge on any atom is 0.352 e. The van der Waals surface area contributed by atoms with Crippen molar-refractivity contribution in [1.82, 2.24) is 23.6 Å². The first-order valence-electron chi connectivity index (χ1n) is 11.0. The topological polar surface area (TPSA) is 108 Å². The Morgan fingerprint density at radius 3 is 2.84 bits per heavy atom. The van der Waals surface area contributed by atoms with Crippen LogP contribution < -0.4 is 11.2 Å². The highest BCUT2D eigenvalue weighted by atomic mass is 32.1. The number of aryl methyl sites for hydroxylation is 1. The quantitative estimate of drug-likeness (QED) is 0.493. The molecule has 3 aromatic heterocycles. The minimum absolute atomic E-state index is 0.173. The van der Waals surface area contributed by atoms with Gasteiger partial charge in [-0.1, -0.05) is 13.3 Å². The molecule has 0 aliphatic carbocycles. The number of ether oxygens (including phenoxy) is 1. The third-order valence-corrected chi connectivity index (χ3v) is 6.69. The summed E-state index contributed by atoms with van der Waals surface area (Å²) in [5.41, 5.74) is -0.125. The van der Waals surface area contributed by atoms with Gasteiger partial charge < -0.3 is 9.64 Å². The van der Waals surface area contributed by atoms with E-state index in [2.05, 4.69) is 5.10 Å². The van der Waals surface area contributed by atoms with Crippen LogP contribution in [0.3, 0.4) is 0 Å². The Kier molecular flexibility index (Phi) is 6.45. The van der Waals surface area contributed by atoms with Crippen molar-refractivity contribution in [3.05, 3.63) is 32.3 Å². The Hall–Kier alpha value is -2.95. The minimum Gasteiger partial charge on any atom is -0.466 e. The largest absolute Gasteiger partial charge is 0.466 e. The summed E-state index contributed by atoms with van der Waals surface area (Å²) in [6.45, 7) is 5.08. The lowest BCUT2D eigenvalue weighted by molar-refractivity contribution is -0.151. The summed E-state index contributed by atoms with van der Waals surface area (Å²) in [6, 6.07) is 1.72. The number of likely N-dealkylation sites (tertiary alicyclic amines) is 1. The van der Waals surface area contributed by atoms with Gasteiger partial charge in [-0.15, -0.1) is 16.4 Å². The fraction of sp³-hybridized carbons (Fsp3) is 0.571. The smallest absolute Gasteiger partial charge is 0.352 e. The summed E-state index contributed by atoms with van der Waals surface area (Å²) in [5.74, 6) is -0.687. The number of nitrogens with zero attached hydrogens (tertiary/aromatic N) is 5. The van der Waals surface area contributed by atoms with Crippen LogP contribution in [0.1, 0.15) is 39.5 Å². The number of rotatable bonds is 7. The number of hydrogen-bond donors (Lipinski definition) is 0. The third kappa shape index (κ3) is 3.96. The van der Waals surface area contributed by atoms with Gasteiger partial charge in [-0.25, -0.2) is 13.9 Å². The van der Waals surface area contributed by atoms with E-state index in [0.29, 0.717) is 42.8 Å². The van der Waals surface area contributed by atoms with Crippen LogP contribution in [-0.4, -0.2) is 55.2 Å². The Morgan fingerprint density at radius 1 is 1.28 bits per heavy atom. The van der Waals surface area contributed by atoms with Crippen LogP contribution in [0.15, 0.2) is 21.0 Å². The lowest BCUT2D eigenvalue weighted by Crippen LogP contribution is -2.45. The zero-order valence-electron chi connectivity index (χ0n) is 18.3. The fourth-order valence-electron chi connectivity index (χ4n) is 4.14. The van der Waals surface area contributed by atoms with Gasteiger partial charge in [-0.05, 0) is 37.6 Å². The molecule has 32 heavy (non-hydrogen) atoms. The molecule has 11 heteroatoms. The van der Waals surface area contributed by atoms with Gasteiger partial charge in [0.25, 0.3) is 5.56 Å². The van der Waals surface area contributed by atoms with Gasteiger partial charge in [0.05, 0.1) is 18.0 Å². The molecule has 1 fully saturated rings. The molecule has 0 bridgehead atoms. The molecule has 0 saturated carbocycles.